The molecule has 2 rings (SSSR count). The van der Waals surface area contributed by atoms with E-state index in [1.54, 1.807) is 11.8 Å². The summed E-state index contributed by atoms with van der Waals surface area (Å²) in [6.07, 6.45) is 2.11. The fourth-order valence-electron chi connectivity index (χ4n) is 3.41. The number of carbonyl (C=O) groups excluding carboxylic acids is 2. The third-order valence-corrected chi connectivity index (χ3v) is 5.10. The maximum absolute atomic E-state index is 12.8. The highest BCUT2D eigenvalue weighted by Gasteiger charge is 2.29. The molecule has 144 valence electrons. The third kappa shape index (κ3) is 5.23. The molecule has 0 saturated carbocycles. The molecule has 1 aromatic rings. The Morgan fingerprint density at radius 3 is 2.27 bits per heavy atom. The Labute approximate surface area is 157 Å². The molecular formula is C21H32N2O3. The molecular weight excluding hydrogens is 328 g/mol. The van der Waals surface area contributed by atoms with Crippen molar-refractivity contribution < 1.29 is 14.3 Å². The highest BCUT2D eigenvalue weighted by Crippen LogP contribution is 2.25. The van der Waals surface area contributed by atoms with E-state index >= 15 is 0 Å². The van der Waals surface area contributed by atoms with E-state index in [9.17, 15) is 9.59 Å². The van der Waals surface area contributed by atoms with E-state index in [4.69, 9.17) is 4.74 Å². The summed E-state index contributed by atoms with van der Waals surface area (Å²) in [6, 6.07) is 8.51. The normalized spacial score (nSPS) is 16.4. The van der Waals surface area contributed by atoms with Crippen molar-refractivity contribution in [2.75, 3.05) is 19.7 Å². The number of nitrogens with zero attached hydrogens (tertiary/aromatic N) is 1. The van der Waals surface area contributed by atoms with Crippen LogP contribution in [0, 0.1) is 11.8 Å². The van der Waals surface area contributed by atoms with Crippen LogP contribution in [0.5, 0.6) is 0 Å². The number of likely N-dealkylation sites (tertiary alicyclic amines) is 1. The van der Waals surface area contributed by atoms with Crippen molar-refractivity contribution in [3.63, 3.8) is 0 Å². The minimum atomic E-state index is -0.276. The van der Waals surface area contributed by atoms with Gasteiger partial charge in [-0.2, -0.15) is 0 Å². The van der Waals surface area contributed by atoms with Gasteiger partial charge >= 0.3 is 6.09 Å². The number of piperidine rings is 1. The SMILES string of the molecule is CCOC(=O)N1CCC(C(=O)NC(c2ccc(CC)cc2)C(C)C)CC1. The lowest BCUT2D eigenvalue weighted by Crippen LogP contribution is -2.44. The van der Waals surface area contributed by atoms with Crippen molar-refractivity contribution in [1.82, 2.24) is 10.2 Å². The predicted molar refractivity (Wildman–Crippen MR) is 103 cm³/mol. The molecule has 26 heavy (non-hydrogen) atoms. The zero-order valence-corrected chi connectivity index (χ0v) is 16.5. The van der Waals surface area contributed by atoms with Crippen LogP contribution in [0.1, 0.15) is 57.7 Å². The Morgan fingerprint density at radius 2 is 1.77 bits per heavy atom. The maximum Gasteiger partial charge on any atom is 0.409 e. The summed E-state index contributed by atoms with van der Waals surface area (Å²) >= 11 is 0. The average molecular weight is 360 g/mol. The first-order chi connectivity index (χ1) is 12.5. The molecule has 1 N–H and O–H groups in total. The minimum Gasteiger partial charge on any atom is -0.450 e. The van der Waals surface area contributed by atoms with Crippen molar-refractivity contribution >= 4 is 12.0 Å². The third-order valence-electron chi connectivity index (χ3n) is 5.10. The first-order valence-electron chi connectivity index (χ1n) is 9.77. The maximum atomic E-state index is 12.8. The zero-order chi connectivity index (χ0) is 19.1. The number of aryl methyl sites for hydroxylation is 1. The number of hydrogen-bond donors (Lipinski definition) is 1. The first kappa shape index (κ1) is 20.3. The molecule has 0 aromatic heterocycles. The van der Waals surface area contributed by atoms with Crippen molar-refractivity contribution in [2.45, 2.75) is 53.0 Å². The summed E-state index contributed by atoms with van der Waals surface area (Å²) in [5.41, 5.74) is 2.45. The van der Waals surface area contributed by atoms with Gasteiger partial charge in [-0.15, -0.1) is 0 Å². The molecule has 1 atom stereocenters. The molecule has 0 spiro atoms. The van der Waals surface area contributed by atoms with Crippen LogP contribution in [0.25, 0.3) is 0 Å². The monoisotopic (exact) mass is 360 g/mol. The molecule has 1 unspecified atom stereocenters. The van der Waals surface area contributed by atoms with Gasteiger partial charge in [-0.25, -0.2) is 4.79 Å². The van der Waals surface area contributed by atoms with Crippen LogP contribution in [0.3, 0.4) is 0 Å². The van der Waals surface area contributed by atoms with Crippen LogP contribution >= 0.6 is 0 Å². The van der Waals surface area contributed by atoms with Gasteiger partial charge in [0.2, 0.25) is 5.91 Å². The van der Waals surface area contributed by atoms with Crippen molar-refractivity contribution in [3.05, 3.63) is 35.4 Å². The lowest BCUT2D eigenvalue weighted by atomic mass is 9.92. The summed E-state index contributed by atoms with van der Waals surface area (Å²) in [4.78, 5) is 26.2. The van der Waals surface area contributed by atoms with Gasteiger partial charge in [0.1, 0.15) is 0 Å². The minimum absolute atomic E-state index is 0.0106. The fourth-order valence-corrected chi connectivity index (χ4v) is 3.41. The Hall–Kier alpha value is -2.04. The van der Waals surface area contributed by atoms with Crippen LogP contribution in [-0.4, -0.2) is 36.6 Å². The molecule has 0 aliphatic carbocycles. The summed E-state index contributed by atoms with van der Waals surface area (Å²) < 4.78 is 5.04. The number of carbonyl (C=O) groups is 2. The van der Waals surface area contributed by atoms with Gasteiger partial charge in [0.05, 0.1) is 12.6 Å². The number of amides is 2. The lowest BCUT2D eigenvalue weighted by Gasteiger charge is -2.32. The zero-order valence-electron chi connectivity index (χ0n) is 16.5. The molecule has 0 radical (unpaired) electrons. The summed E-state index contributed by atoms with van der Waals surface area (Å²) in [5.74, 6) is 0.356. The molecule has 1 aliphatic heterocycles. The van der Waals surface area contributed by atoms with Crippen LogP contribution < -0.4 is 5.32 Å². The van der Waals surface area contributed by atoms with E-state index in [-0.39, 0.29) is 24.0 Å². The van der Waals surface area contributed by atoms with Crippen LogP contribution in [-0.2, 0) is 16.0 Å². The second-order valence-corrected chi connectivity index (χ2v) is 7.29. The van der Waals surface area contributed by atoms with Gasteiger partial charge in [0, 0.05) is 19.0 Å². The second-order valence-electron chi connectivity index (χ2n) is 7.29. The van der Waals surface area contributed by atoms with Gasteiger partial charge in [-0.1, -0.05) is 45.0 Å². The number of rotatable bonds is 6. The molecule has 5 heteroatoms. The Balaban J connectivity index is 1.94. The molecule has 0 bridgehead atoms. The lowest BCUT2D eigenvalue weighted by molar-refractivity contribution is -0.127. The number of nitrogens with one attached hydrogen (secondary N) is 1. The smallest absolute Gasteiger partial charge is 0.409 e. The topological polar surface area (TPSA) is 58.6 Å². The van der Waals surface area contributed by atoms with Gasteiger partial charge in [-0.05, 0) is 43.2 Å². The Kier molecular flexibility index (Phi) is 7.49. The van der Waals surface area contributed by atoms with E-state index in [2.05, 4.69) is 50.4 Å². The standard InChI is InChI=1S/C21H32N2O3/c1-5-16-7-9-17(10-8-16)19(15(3)4)22-20(24)18-11-13-23(14-12-18)21(25)26-6-2/h7-10,15,18-19H,5-6,11-14H2,1-4H3,(H,22,24). The Bertz CT molecular complexity index is 590. The molecule has 1 heterocycles. The average Bonchev–Trinajstić information content (AvgIpc) is 2.66. The van der Waals surface area contributed by atoms with Crippen LogP contribution in [0.2, 0.25) is 0 Å². The van der Waals surface area contributed by atoms with E-state index in [1.807, 2.05) is 0 Å². The number of ether oxygens (including phenoxy) is 1. The first-order valence-corrected chi connectivity index (χ1v) is 9.77. The summed E-state index contributed by atoms with van der Waals surface area (Å²) in [6.45, 7) is 9.73. The number of benzene rings is 1. The largest absolute Gasteiger partial charge is 0.450 e. The quantitative estimate of drug-likeness (QED) is 0.836. The molecule has 2 amide bonds. The number of hydrogen-bond acceptors (Lipinski definition) is 3. The van der Waals surface area contributed by atoms with E-state index in [0.717, 1.165) is 12.0 Å². The highest BCUT2D eigenvalue weighted by molar-refractivity contribution is 5.79. The predicted octanol–water partition coefficient (Wildman–Crippen LogP) is 3.93. The highest BCUT2D eigenvalue weighted by atomic mass is 16.6. The van der Waals surface area contributed by atoms with Gasteiger partial charge in [0.15, 0.2) is 0 Å². The molecule has 1 aliphatic rings. The van der Waals surface area contributed by atoms with E-state index in [0.29, 0.717) is 38.5 Å². The van der Waals surface area contributed by atoms with E-state index in [1.165, 1.54) is 5.56 Å². The van der Waals surface area contributed by atoms with Crippen molar-refractivity contribution in [3.8, 4) is 0 Å². The van der Waals surface area contributed by atoms with Crippen molar-refractivity contribution in [1.29, 1.82) is 0 Å². The molecule has 5 nitrogen and oxygen atoms in total. The van der Waals surface area contributed by atoms with E-state index < -0.39 is 0 Å². The molecule has 1 aromatic carbocycles. The van der Waals surface area contributed by atoms with Crippen LogP contribution in [0.4, 0.5) is 4.79 Å². The van der Waals surface area contributed by atoms with Gasteiger partial charge in [-0.3, -0.25) is 4.79 Å². The summed E-state index contributed by atoms with van der Waals surface area (Å²) in [5, 5.41) is 3.24. The van der Waals surface area contributed by atoms with Crippen LogP contribution in [0.15, 0.2) is 24.3 Å². The van der Waals surface area contributed by atoms with Crippen molar-refractivity contribution in [2.24, 2.45) is 11.8 Å². The second kappa shape index (κ2) is 9.60. The van der Waals surface area contributed by atoms with Gasteiger partial charge < -0.3 is 15.0 Å². The fraction of sp³-hybridized carbons (Fsp3) is 0.619. The Morgan fingerprint density at radius 1 is 1.15 bits per heavy atom. The molecule has 1 fully saturated rings. The summed E-state index contributed by atoms with van der Waals surface area (Å²) in [7, 11) is 0. The molecule has 1 saturated heterocycles. The van der Waals surface area contributed by atoms with Gasteiger partial charge in [0.25, 0.3) is 0 Å².